The topological polar surface area (TPSA) is 68.1 Å². The first kappa shape index (κ1) is 17.7. The Labute approximate surface area is 162 Å². The first-order valence-corrected chi connectivity index (χ1v) is 9.07. The highest BCUT2D eigenvalue weighted by Gasteiger charge is 2.19. The molecule has 1 aromatic heterocycles. The van der Waals surface area contributed by atoms with Gasteiger partial charge >= 0.3 is 0 Å². The Morgan fingerprint density at radius 3 is 2.46 bits per heavy atom. The molecule has 0 unspecified atom stereocenters. The molecule has 1 aliphatic heterocycles. The molecule has 0 spiro atoms. The number of piperazine rings is 1. The minimum Gasteiger partial charge on any atom is -0.368 e. The Balaban J connectivity index is 1.42. The minimum atomic E-state index is -0.222. The molecule has 2 heterocycles. The van der Waals surface area contributed by atoms with E-state index in [4.69, 9.17) is 5.26 Å². The van der Waals surface area contributed by atoms with Crippen LogP contribution in [-0.4, -0.2) is 36.1 Å². The Kier molecular flexibility index (Phi) is 5.02. The maximum Gasteiger partial charge on any atom is 0.227 e. The number of aromatic nitrogens is 2. The molecule has 7 heteroatoms. The highest BCUT2D eigenvalue weighted by atomic mass is 19.1. The minimum absolute atomic E-state index is 0.222. The zero-order valence-electron chi connectivity index (χ0n) is 15.2. The molecule has 1 saturated heterocycles. The fourth-order valence-electron chi connectivity index (χ4n) is 3.20. The lowest BCUT2D eigenvalue weighted by Gasteiger charge is -2.36. The third-order valence-electron chi connectivity index (χ3n) is 4.66. The van der Waals surface area contributed by atoms with Gasteiger partial charge in [-0.25, -0.2) is 9.37 Å². The molecule has 0 bridgehead atoms. The average Bonchev–Trinajstić information content (AvgIpc) is 2.75. The molecule has 0 amide bonds. The van der Waals surface area contributed by atoms with E-state index in [0.717, 1.165) is 37.6 Å². The SMILES string of the molecule is N#Cc1cccc(Nc2ccnc(N3CCN(c4ccc(F)cc4)CC3)n2)c1. The van der Waals surface area contributed by atoms with E-state index in [1.807, 2.05) is 12.1 Å². The first-order valence-electron chi connectivity index (χ1n) is 9.07. The third kappa shape index (κ3) is 4.01. The van der Waals surface area contributed by atoms with E-state index in [-0.39, 0.29) is 5.82 Å². The summed E-state index contributed by atoms with van der Waals surface area (Å²) in [4.78, 5) is 13.4. The van der Waals surface area contributed by atoms with Crippen LogP contribution < -0.4 is 15.1 Å². The number of rotatable bonds is 4. The first-order chi connectivity index (χ1) is 13.7. The van der Waals surface area contributed by atoms with Crippen LogP contribution in [0.1, 0.15) is 5.56 Å². The van der Waals surface area contributed by atoms with E-state index in [0.29, 0.717) is 17.3 Å². The number of nitrogens with one attached hydrogen (secondary N) is 1. The number of hydrogen-bond acceptors (Lipinski definition) is 6. The summed E-state index contributed by atoms with van der Waals surface area (Å²) in [6, 6.07) is 17.8. The molecule has 140 valence electrons. The van der Waals surface area contributed by atoms with Crippen LogP contribution in [0.25, 0.3) is 0 Å². The summed E-state index contributed by atoms with van der Waals surface area (Å²) >= 11 is 0. The van der Waals surface area contributed by atoms with Crippen molar-refractivity contribution in [3.63, 3.8) is 0 Å². The smallest absolute Gasteiger partial charge is 0.227 e. The summed E-state index contributed by atoms with van der Waals surface area (Å²) in [5, 5.41) is 12.3. The van der Waals surface area contributed by atoms with Gasteiger partial charge in [0.05, 0.1) is 11.6 Å². The summed E-state index contributed by atoms with van der Waals surface area (Å²) < 4.78 is 13.1. The van der Waals surface area contributed by atoms with Crippen LogP contribution in [0.5, 0.6) is 0 Å². The summed E-state index contributed by atoms with van der Waals surface area (Å²) in [5.41, 5.74) is 2.43. The van der Waals surface area contributed by atoms with Gasteiger partial charge in [-0.15, -0.1) is 0 Å². The molecule has 0 atom stereocenters. The van der Waals surface area contributed by atoms with E-state index in [1.165, 1.54) is 12.1 Å². The van der Waals surface area contributed by atoms with Gasteiger partial charge in [0.15, 0.2) is 0 Å². The van der Waals surface area contributed by atoms with Gasteiger partial charge in [-0.05, 0) is 48.5 Å². The van der Waals surface area contributed by atoms with E-state index < -0.39 is 0 Å². The molecule has 4 rings (SSSR count). The molecule has 6 nitrogen and oxygen atoms in total. The van der Waals surface area contributed by atoms with Crippen molar-refractivity contribution in [1.29, 1.82) is 5.26 Å². The molecular weight excluding hydrogens is 355 g/mol. The van der Waals surface area contributed by atoms with Crippen molar-refractivity contribution in [2.45, 2.75) is 0 Å². The zero-order valence-corrected chi connectivity index (χ0v) is 15.2. The highest BCUT2D eigenvalue weighted by molar-refractivity contribution is 5.59. The van der Waals surface area contributed by atoms with Gasteiger partial charge in [0.25, 0.3) is 0 Å². The molecule has 0 radical (unpaired) electrons. The second-order valence-electron chi connectivity index (χ2n) is 6.51. The number of anilines is 4. The number of halogens is 1. The fourth-order valence-corrected chi connectivity index (χ4v) is 3.20. The van der Waals surface area contributed by atoms with Crippen LogP contribution in [0.15, 0.2) is 60.8 Å². The van der Waals surface area contributed by atoms with E-state index in [2.05, 4.69) is 31.2 Å². The fraction of sp³-hybridized carbons (Fsp3) is 0.190. The van der Waals surface area contributed by atoms with Crippen LogP contribution in [0.3, 0.4) is 0 Å². The lowest BCUT2D eigenvalue weighted by Crippen LogP contribution is -2.47. The predicted octanol–water partition coefficient (Wildman–Crippen LogP) is 3.56. The molecule has 1 fully saturated rings. The number of nitrogens with zero attached hydrogens (tertiary/aromatic N) is 5. The van der Waals surface area contributed by atoms with Crippen molar-refractivity contribution in [2.75, 3.05) is 41.3 Å². The van der Waals surface area contributed by atoms with Crippen LogP contribution in [0.2, 0.25) is 0 Å². The Bertz CT molecular complexity index is 990. The lowest BCUT2D eigenvalue weighted by atomic mass is 10.2. The van der Waals surface area contributed by atoms with Gasteiger partial charge in [-0.1, -0.05) is 6.07 Å². The molecule has 2 aromatic carbocycles. The quantitative estimate of drug-likeness (QED) is 0.753. The molecule has 0 saturated carbocycles. The monoisotopic (exact) mass is 374 g/mol. The lowest BCUT2D eigenvalue weighted by molar-refractivity contribution is 0.623. The third-order valence-corrected chi connectivity index (χ3v) is 4.66. The summed E-state index contributed by atoms with van der Waals surface area (Å²) in [6.45, 7) is 3.20. The van der Waals surface area contributed by atoms with Crippen molar-refractivity contribution in [1.82, 2.24) is 9.97 Å². The van der Waals surface area contributed by atoms with Gasteiger partial charge < -0.3 is 15.1 Å². The second kappa shape index (κ2) is 7.92. The van der Waals surface area contributed by atoms with E-state index in [1.54, 1.807) is 36.5 Å². The molecule has 3 aromatic rings. The maximum absolute atomic E-state index is 13.1. The molecular formula is C21H19FN6. The number of nitriles is 1. The van der Waals surface area contributed by atoms with Crippen molar-refractivity contribution in [3.05, 3.63) is 72.2 Å². The van der Waals surface area contributed by atoms with Crippen molar-refractivity contribution in [3.8, 4) is 6.07 Å². The van der Waals surface area contributed by atoms with Crippen molar-refractivity contribution >= 4 is 23.1 Å². The Hall–Kier alpha value is -3.66. The van der Waals surface area contributed by atoms with Gasteiger partial charge in [-0.3, -0.25) is 0 Å². The average molecular weight is 374 g/mol. The maximum atomic E-state index is 13.1. The molecule has 28 heavy (non-hydrogen) atoms. The van der Waals surface area contributed by atoms with Gasteiger partial charge in [-0.2, -0.15) is 10.2 Å². The largest absolute Gasteiger partial charge is 0.368 e. The standard InChI is InChI=1S/C21H19FN6/c22-17-4-6-19(7-5-17)27-10-12-28(13-11-27)21-24-9-8-20(26-21)25-18-3-1-2-16(14-18)15-23/h1-9,14H,10-13H2,(H,24,25,26). The van der Waals surface area contributed by atoms with Crippen LogP contribution in [-0.2, 0) is 0 Å². The van der Waals surface area contributed by atoms with Gasteiger partial charge in [0.2, 0.25) is 5.95 Å². The Morgan fingerprint density at radius 2 is 1.71 bits per heavy atom. The van der Waals surface area contributed by atoms with Crippen LogP contribution >= 0.6 is 0 Å². The number of benzene rings is 2. The second-order valence-corrected chi connectivity index (χ2v) is 6.51. The summed E-state index contributed by atoms with van der Waals surface area (Å²) in [6.07, 6.45) is 1.73. The van der Waals surface area contributed by atoms with Crippen molar-refractivity contribution < 1.29 is 4.39 Å². The summed E-state index contributed by atoms with van der Waals surface area (Å²) in [7, 11) is 0. The highest BCUT2D eigenvalue weighted by Crippen LogP contribution is 2.21. The van der Waals surface area contributed by atoms with Crippen LogP contribution in [0, 0.1) is 17.1 Å². The van der Waals surface area contributed by atoms with Gasteiger partial charge in [0, 0.05) is 43.8 Å². The normalized spacial score (nSPS) is 13.9. The van der Waals surface area contributed by atoms with Crippen LogP contribution in [0.4, 0.5) is 27.5 Å². The van der Waals surface area contributed by atoms with E-state index >= 15 is 0 Å². The van der Waals surface area contributed by atoms with Crippen molar-refractivity contribution in [2.24, 2.45) is 0 Å². The molecule has 1 aliphatic rings. The predicted molar refractivity (Wildman–Crippen MR) is 107 cm³/mol. The molecule has 0 aliphatic carbocycles. The number of hydrogen-bond donors (Lipinski definition) is 1. The summed E-state index contributed by atoms with van der Waals surface area (Å²) in [5.74, 6) is 1.13. The van der Waals surface area contributed by atoms with E-state index in [9.17, 15) is 4.39 Å². The zero-order chi connectivity index (χ0) is 19.3. The van der Waals surface area contributed by atoms with Gasteiger partial charge in [0.1, 0.15) is 11.6 Å². The molecule has 1 N–H and O–H groups in total. The Morgan fingerprint density at radius 1 is 0.964 bits per heavy atom.